The summed E-state index contributed by atoms with van der Waals surface area (Å²) in [6, 6.07) is 29.3. The highest BCUT2D eigenvalue weighted by atomic mass is 19.1. The SMILES string of the molecule is CC(C)(C)OC(=O)NC1CCN(C2CCN(c3ccc(-c4ccc(OCc5ccccc5)nc4OCc4ccccc4)cc3F)C2)CC1. The summed E-state index contributed by atoms with van der Waals surface area (Å²) in [5.74, 6) is 0.560. The van der Waals surface area contributed by atoms with E-state index in [1.807, 2.05) is 99.6 Å². The summed E-state index contributed by atoms with van der Waals surface area (Å²) in [6.07, 6.45) is 2.36. The molecule has 252 valence electrons. The average molecular weight is 653 g/mol. The largest absolute Gasteiger partial charge is 0.473 e. The fraction of sp³-hybridized carbons (Fsp3) is 0.385. The number of alkyl carbamates (subject to hydrolysis) is 1. The lowest BCUT2D eigenvalue weighted by Gasteiger charge is -2.36. The summed E-state index contributed by atoms with van der Waals surface area (Å²) in [5.41, 5.74) is 3.53. The smallest absolute Gasteiger partial charge is 0.407 e. The van der Waals surface area contributed by atoms with Crippen LogP contribution in [0.15, 0.2) is 91.0 Å². The first-order chi connectivity index (χ1) is 23.2. The lowest BCUT2D eigenvalue weighted by atomic mass is 10.0. The average Bonchev–Trinajstić information content (AvgIpc) is 3.57. The van der Waals surface area contributed by atoms with Crippen molar-refractivity contribution in [2.45, 2.75) is 70.9 Å². The van der Waals surface area contributed by atoms with Crippen molar-refractivity contribution < 1.29 is 23.4 Å². The van der Waals surface area contributed by atoms with Gasteiger partial charge in [0, 0.05) is 49.9 Å². The van der Waals surface area contributed by atoms with Crippen LogP contribution in [0.4, 0.5) is 14.9 Å². The van der Waals surface area contributed by atoms with Gasteiger partial charge in [0.05, 0.1) is 5.69 Å². The number of piperidine rings is 1. The van der Waals surface area contributed by atoms with Gasteiger partial charge in [0.15, 0.2) is 0 Å². The van der Waals surface area contributed by atoms with Crippen molar-refractivity contribution in [1.29, 1.82) is 0 Å². The summed E-state index contributed by atoms with van der Waals surface area (Å²) in [6.45, 7) is 9.66. The first-order valence-electron chi connectivity index (χ1n) is 16.8. The number of amides is 1. The second kappa shape index (κ2) is 15.1. The van der Waals surface area contributed by atoms with E-state index in [0.29, 0.717) is 47.8 Å². The molecular weight excluding hydrogens is 607 g/mol. The molecule has 4 aromatic rings. The van der Waals surface area contributed by atoms with Gasteiger partial charge >= 0.3 is 6.09 Å². The lowest BCUT2D eigenvalue weighted by molar-refractivity contribution is 0.0471. The number of benzene rings is 3. The lowest BCUT2D eigenvalue weighted by Crippen LogP contribution is -2.49. The Morgan fingerprint density at radius 1 is 0.854 bits per heavy atom. The van der Waals surface area contributed by atoms with Gasteiger partial charge in [-0.25, -0.2) is 9.18 Å². The van der Waals surface area contributed by atoms with Crippen LogP contribution in [0.3, 0.4) is 0 Å². The fourth-order valence-corrected chi connectivity index (χ4v) is 6.36. The van der Waals surface area contributed by atoms with Crippen molar-refractivity contribution in [2.24, 2.45) is 0 Å². The molecule has 0 spiro atoms. The van der Waals surface area contributed by atoms with E-state index in [1.165, 1.54) is 0 Å². The van der Waals surface area contributed by atoms with Crippen LogP contribution < -0.4 is 19.7 Å². The number of pyridine rings is 1. The Labute approximate surface area is 282 Å². The predicted molar refractivity (Wildman–Crippen MR) is 186 cm³/mol. The van der Waals surface area contributed by atoms with E-state index in [4.69, 9.17) is 19.2 Å². The summed E-state index contributed by atoms with van der Waals surface area (Å²) in [4.78, 5) is 21.5. The molecule has 1 unspecified atom stereocenters. The van der Waals surface area contributed by atoms with Crippen molar-refractivity contribution in [3.05, 3.63) is 108 Å². The molecule has 48 heavy (non-hydrogen) atoms. The minimum atomic E-state index is -0.511. The van der Waals surface area contributed by atoms with Gasteiger partial charge in [-0.05, 0) is 74.9 Å². The van der Waals surface area contributed by atoms with E-state index in [-0.39, 0.29) is 18.0 Å². The number of likely N-dealkylation sites (tertiary alicyclic amines) is 1. The highest BCUT2D eigenvalue weighted by molar-refractivity contribution is 5.71. The molecule has 1 aromatic heterocycles. The molecule has 0 aliphatic carbocycles. The molecule has 2 aliphatic rings. The zero-order valence-corrected chi connectivity index (χ0v) is 28.0. The molecule has 8 nitrogen and oxygen atoms in total. The zero-order valence-electron chi connectivity index (χ0n) is 28.0. The number of ether oxygens (including phenoxy) is 3. The quantitative estimate of drug-likeness (QED) is 0.189. The number of carbonyl (C=O) groups is 1. The minimum Gasteiger partial charge on any atom is -0.473 e. The maximum Gasteiger partial charge on any atom is 0.407 e. The standard InChI is InChI=1S/C39H45FN4O4/c1-39(2,3)48-38(45)41-31-18-21-43(22-19-31)32-20-23-44(25-32)35-16-14-30(24-34(35)40)33-15-17-36(46-26-28-10-6-4-7-11-28)42-37(33)47-27-29-12-8-5-9-13-29/h4-17,24,31-32H,18-23,25-27H2,1-3H3,(H,41,45). The molecule has 6 rings (SSSR count). The number of nitrogens with one attached hydrogen (secondary N) is 1. The third-order valence-electron chi connectivity index (χ3n) is 8.81. The molecule has 1 atom stereocenters. The number of nitrogens with zero attached hydrogens (tertiary/aromatic N) is 3. The predicted octanol–water partition coefficient (Wildman–Crippen LogP) is 7.61. The van der Waals surface area contributed by atoms with E-state index < -0.39 is 5.60 Å². The molecule has 2 saturated heterocycles. The van der Waals surface area contributed by atoms with E-state index in [9.17, 15) is 4.79 Å². The molecule has 2 aliphatic heterocycles. The molecule has 2 fully saturated rings. The highest BCUT2D eigenvalue weighted by Gasteiger charge is 2.32. The van der Waals surface area contributed by atoms with Gasteiger partial charge in [0.1, 0.15) is 24.6 Å². The minimum absolute atomic E-state index is 0.110. The number of aromatic nitrogens is 1. The summed E-state index contributed by atoms with van der Waals surface area (Å²) in [5, 5.41) is 3.02. The second-order valence-corrected chi connectivity index (χ2v) is 13.6. The summed E-state index contributed by atoms with van der Waals surface area (Å²) in [7, 11) is 0. The molecule has 0 radical (unpaired) electrons. The Hall–Kier alpha value is -4.63. The van der Waals surface area contributed by atoms with Gasteiger partial charge in [-0.2, -0.15) is 4.98 Å². The molecule has 3 aromatic carbocycles. The molecule has 9 heteroatoms. The van der Waals surface area contributed by atoms with Gasteiger partial charge < -0.3 is 24.4 Å². The summed E-state index contributed by atoms with van der Waals surface area (Å²) < 4.78 is 33.4. The van der Waals surface area contributed by atoms with Crippen LogP contribution in [0.2, 0.25) is 0 Å². The van der Waals surface area contributed by atoms with Crippen molar-refractivity contribution in [3.63, 3.8) is 0 Å². The van der Waals surface area contributed by atoms with Crippen LogP contribution in [0.5, 0.6) is 11.8 Å². The Balaban J connectivity index is 1.10. The number of hydrogen-bond donors (Lipinski definition) is 1. The Kier molecular flexibility index (Phi) is 10.4. The Bertz CT molecular complexity index is 1660. The normalized spacial score (nSPS) is 17.2. The molecule has 1 amide bonds. The fourth-order valence-electron chi connectivity index (χ4n) is 6.36. The number of anilines is 1. The van der Waals surface area contributed by atoms with Gasteiger partial charge in [-0.1, -0.05) is 66.7 Å². The number of rotatable bonds is 10. The highest BCUT2D eigenvalue weighted by Crippen LogP contribution is 2.35. The van der Waals surface area contributed by atoms with Crippen molar-refractivity contribution in [3.8, 4) is 22.9 Å². The molecule has 0 bridgehead atoms. The molecular formula is C39H45FN4O4. The number of carbonyl (C=O) groups excluding carboxylic acids is 1. The maximum absolute atomic E-state index is 15.8. The second-order valence-electron chi connectivity index (χ2n) is 13.6. The van der Waals surface area contributed by atoms with Gasteiger partial charge in [-0.3, -0.25) is 4.90 Å². The van der Waals surface area contributed by atoms with Crippen molar-refractivity contribution in [1.82, 2.24) is 15.2 Å². The Morgan fingerprint density at radius 3 is 2.17 bits per heavy atom. The van der Waals surface area contributed by atoms with Crippen LogP contribution in [-0.2, 0) is 18.0 Å². The van der Waals surface area contributed by atoms with Crippen LogP contribution in [0, 0.1) is 5.82 Å². The van der Waals surface area contributed by atoms with Crippen molar-refractivity contribution >= 4 is 11.8 Å². The topological polar surface area (TPSA) is 76.2 Å². The first kappa shape index (κ1) is 33.3. The van der Waals surface area contributed by atoms with Crippen LogP contribution in [0.25, 0.3) is 11.1 Å². The Morgan fingerprint density at radius 2 is 1.52 bits per heavy atom. The number of hydrogen-bond acceptors (Lipinski definition) is 7. The van der Waals surface area contributed by atoms with Gasteiger partial charge in [0.25, 0.3) is 0 Å². The maximum atomic E-state index is 15.8. The van der Waals surface area contributed by atoms with E-state index in [2.05, 4.69) is 15.1 Å². The molecule has 0 saturated carbocycles. The zero-order chi connectivity index (χ0) is 33.5. The van der Waals surface area contributed by atoms with Crippen molar-refractivity contribution in [2.75, 3.05) is 31.1 Å². The monoisotopic (exact) mass is 652 g/mol. The van der Waals surface area contributed by atoms with E-state index in [0.717, 1.165) is 56.6 Å². The van der Waals surface area contributed by atoms with Gasteiger partial charge in [0.2, 0.25) is 11.8 Å². The third-order valence-corrected chi connectivity index (χ3v) is 8.81. The first-order valence-corrected chi connectivity index (χ1v) is 16.8. The van der Waals surface area contributed by atoms with Crippen LogP contribution in [-0.4, -0.2) is 59.8 Å². The molecule has 1 N–H and O–H groups in total. The van der Waals surface area contributed by atoms with Crippen LogP contribution >= 0.6 is 0 Å². The molecule has 3 heterocycles. The summed E-state index contributed by atoms with van der Waals surface area (Å²) >= 11 is 0. The van der Waals surface area contributed by atoms with E-state index in [1.54, 1.807) is 12.1 Å². The number of halogens is 1. The van der Waals surface area contributed by atoms with E-state index >= 15 is 4.39 Å². The third kappa shape index (κ3) is 8.83. The van der Waals surface area contributed by atoms with Crippen LogP contribution in [0.1, 0.15) is 51.2 Å². The van der Waals surface area contributed by atoms with Gasteiger partial charge in [-0.15, -0.1) is 0 Å².